The van der Waals surface area contributed by atoms with Crippen molar-refractivity contribution in [1.29, 1.82) is 0 Å². The van der Waals surface area contributed by atoms with Gasteiger partial charge in [-0.2, -0.15) is 0 Å². The summed E-state index contributed by atoms with van der Waals surface area (Å²) in [5.41, 5.74) is 1.15. The summed E-state index contributed by atoms with van der Waals surface area (Å²) in [4.78, 5) is 4.45. The highest BCUT2D eigenvalue weighted by Crippen LogP contribution is 2.25. The number of guanidine groups is 1. The average Bonchev–Trinajstić information content (AvgIpc) is 2.46. The molecule has 0 aromatic heterocycles. The van der Waals surface area contributed by atoms with Gasteiger partial charge in [-0.05, 0) is 42.4 Å². The van der Waals surface area contributed by atoms with Crippen molar-refractivity contribution >= 4 is 29.2 Å². The van der Waals surface area contributed by atoms with Crippen LogP contribution >= 0.6 is 23.2 Å². The van der Waals surface area contributed by atoms with E-state index in [0.29, 0.717) is 16.9 Å². The zero-order valence-corrected chi connectivity index (χ0v) is 14.1. The van der Waals surface area contributed by atoms with Crippen LogP contribution in [0.5, 0.6) is 0 Å². The largest absolute Gasteiger partial charge is 0.356 e. The van der Waals surface area contributed by atoms with Crippen LogP contribution in [-0.2, 0) is 6.42 Å². The highest BCUT2D eigenvalue weighted by molar-refractivity contribution is 6.35. The van der Waals surface area contributed by atoms with Gasteiger partial charge in [-0.3, -0.25) is 4.99 Å². The van der Waals surface area contributed by atoms with Crippen LogP contribution < -0.4 is 10.6 Å². The van der Waals surface area contributed by atoms with E-state index in [2.05, 4.69) is 29.5 Å². The maximum absolute atomic E-state index is 6.29. The molecule has 21 heavy (non-hydrogen) atoms. The van der Waals surface area contributed by atoms with Crippen LogP contribution in [0.25, 0.3) is 0 Å². The van der Waals surface area contributed by atoms with Crippen LogP contribution in [0, 0.1) is 11.8 Å². The number of hydrogen-bond donors (Lipinski definition) is 2. The topological polar surface area (TPSA) is 36.4 Å². The van der Waals surface area contributed by atoms with Crippen LogP contribution in [-0.4, -0.2) is 25.6 Å². The van der Waals surface area contributed by atoms with E-state index in [1.807, 2.05) is 18.2 Å². The standard InChI is InChI=1S/C16H23Cl2N3/c1-11(2)13(10-21-16-19-6-3-7-20-16)8-12-4-5-14(17)9-15(12)18/h4-5,9,11,13H,3,6-8,10H2,1-2H3,(H2,19,20,21). The molecular weight excluding hydrogens is 305 g/mol. The summed E-state index contributed by atoms with van der Waals surface area (Å²) in [6.07, 6.45) is 2.05. The SMILES string of the molecule is CC(C)C(CNC1=NCCCN1)Cc1ccc(Cl)cc1Cl. The molecule has 5 heteroatoms. The Morgan fingerprint density at radius 1 is 1.33 bits per heavy atom. The normalized spacial score (nSPS) is 16.3. The molecule has 2 N–H and O–H groups in total. The van der Waals surface area contributed by atoms with Crippen molar-refractivity contribution in [2.75, 3.05) is 19.6 Å². The van der Waals surface area contributed by atoms with Gasteiger partial charge in [-0.25, -0.2) is 0 Å². The molecule has 1 atom stereocenters. The van der Waals surface area contributed by atoms with E-state index >= 15 is 0 Å². The third-order valence-corrected chi connectivity index (χ3v) is 4.46. The smallest absolute Gasteiger partial charge is 0.191 e. The Bertz CT molecular complexity index is 500. The molecule has 3 nitrogen and oxygen atoms in total. The zero-order valence-electron chi connectivity index (χ0n) is 12.6. The molecule has 0 radical (unpaired) electrons. The molecule has 1 aromatic carbocycles. The monoisotopic (exact) mass is 327 g/mol. The van der Waals surface area contributed by atoms with Crippen LogP contribution in [0.3, 0.4) is 0 Å². The van der Waals surface area contributed by atoms with Gasteiger partial charge in [-0.1, -0.05) is 43.1 Å². The molecule has 1 aromatic rings. The van der Waals surface area contributed by atoms with Gasteiger partial charge in [0, 0.05) is 29.7 Å². The molecule has 0 spiro atoms. The predicted octanol–water partition coefficient (Wildman–Crippen LogP) is 3.75. The van der Waals surface area contributed by atoms with Crippen molar-refractivity contribution in [3.8, 4) is 0 Å². The summed E-state index contributed by atoms with van der Waals surface area (Å²) >= 11 is 12.2. The number of rotatable bonds is 5. The Morgan fingerprint density at radius 2 is 2.14 bits per heavy atom. The highest BCUT2D eigenvalue weighted by atomic mass is 35.5. The van der Waals surface area contributed by atoms with Crippen LogP contribution in [0.15, 0.2) is 23.2 Å². The maximum atomic E-state index is 6.29. The summed E-state index contributed by atoms with van der Waals surface area (Å²) in [5, 5.41) is 8.15. The number of nitrogens with one attached hydrogen (secondary N) is 2. The number of nitrogens with zero attached hydrogens (tertiary/aromatic N) is 1. The summed E-state index contributed by atoms with van der Waals surface area (Å²) < 4.78 is 0. The van der Waals surface area contributed by atoms with E-state index in [-0.39, 0.29) is 0 Å². The van der Waals surface area contributed by atoms with E-state index in [0.717, 1.165) is 49.0 Å². The average molecular weight is 328 g/mol. The molecule has 0 fully saturated rings. The Hall–Kier alpha value is -0.930. The summed E-state index contributed by atoms with van der Waals surface area (Å²) in [7, 11) is 0. The van der Waals surface area contributed by atoms with Crippen LogP contribution in [0.1, 0.15) is 25.8 Å². The second-order valence-corrected chi connectivity index (χ2v) is 6.68. The van der Waals surface area contributed by atoms with E-state index in [1.165, 1.54) is 0 Å². The lowest BCUT2D eigenvalue weighted by atomic mass is 9.89. The van der Waals surface area contributed by atoms with E-state index < -0.39 is 0 Å². The summed E-state index contributed by atoms with van der Waals surface area (Å²) in [6, 6.07) is 5.74. The molecule has 0 bridgehead atoms. The van der Waals surface area contributed by atoms with Crippen molar-refractivity contribution in [3.63, 3.8) is 0 Å². The van der Waals surface area contributed by atoms with Crippen molar-refractivity contribution in [3.05, 3.63) is 33.8 Å². The Morgan fingerprint density at radius 3 is 2.76 bits per heavy atom. The minimum absolute atomic E-state index is 0.495. The zero-order chi connectivity index (χ0) is 15.2. The molecule has 0 saturated heterocycles. The Kier molecular flexibility index (Phi) is 6.19. The maximum Gasteiger partial charge on any atom is 0.191 e. The predicted molar refractivity (Wildman–Crippen MR) is 91.4 cm³/mol. The number of halogens is 2. The van der Waals surface area contributed by atoms with Gasteiger partial charge in [0.25, 0.3) is 0 Å². The van der Waals surface area contributed by atoms with Gasteiger partial charge in [0.15, 0.2) is 5.96 Å². The lowest BCUT2D eigenvalue weighted by Crippen LogP contribution is -2.43. The number of hydrogen-bond acceptors (Lipinski definition) is 3. The molecule has 0 saturated carbocycles. The van der Waals surface area contributed by atoms with E-state index in [1.54, 1.807) is 0 Å². The summed E-state index contributed by atoms with van der Waals surface area (Å²) in [5.74, 6) is 1.98. The van der Waals surface area contributed by atoms with E-state index in [9.17, 15) is 0 Å². The number of aliphatic imine (C=N–C) groups is 1. The molecule has 2 rings (SSSR count). The van der Waals surface area contributed by atoms with Crippen molar-refractivity contribution in [1.82, 2.24) is 10.6 Å². The van der Waals surface area contributed by atoms with Gasteiger partial charge in [0.1, 0.15) is 0 Å². The van der Waals surface area contributed by atoms with Crippen LogP contribution in [0.4, 0.5) is 0 Å². The first kappa shape index (κ1) is 16.4. The first-order valence-corrected chi connectivity index (χ1v) is 8.28. The summed E-state index contributed by atoms with van der Waals surface area (Å²) in [6.45, 7) is 7.28. The lowest BCUT2D eigenvalue weighted by Gasteiger charge is -2.24. The van der Waals surface area contributed by atoms with E-state index in [4.69, 9.17) is 23.2 Å². The fourth-order valence-electron chi connectivity index (χ4n) is 2.39. The highest BCUT2D eigenvalue weighted by Gasteiger charge is 2.17. The van der Waals surface area contributed by atoms with Gasteiger partial charge in [-0.15, -0.1) is 0 Å². The van der Waals surface area contributed by atoms with Gasteiger partial charge in [0.05, 0.1) is 0 Å². The molecule has 1 aliphatic rings. The second-order valence-electron chi connectivity index (χ2n) is 5.84. The molecule has 1 heterocycles. The fourth-order valence-corrected chi connectivity index (χ4v) is 2.88. The molecule has 0 aliphatic carbocycles. The Balaban J connectivity index is 1.96. The minimum Gasteiger partial charge on any atom is -0.356 e. The molecule has 1 aliphatic heterocycles. The van der Waals surface area contributed by atoms with Gasteiger partial charge >= 0.3 is 0 Å². The molecule has 0 amide bonds. The third-order valence-electron chi connectivity index (χ3n) is 3.87. The van der Waals surface area contributed by atoms with Gasteiger partial charge < -0.3 is 10.6 Å². The first-order chi connectivity index (χ1) is 10.1. The Labute approximate surface area is 137 Å². The van der Waals surface area contributed by atoms with Crippen molar-refractivity contribution in [2.45, 2.75) is 26.7 Å². The van der Waals surface area contributed by atoms with Crippen LogP contribution in [0.2, 0.25) is 10.0 Å². The van der Waals surface area contributed by atoms with Gasteiger partial charge in [0.2, 0.25) is 0 Å². The number of benzene rings is 1. The van der Waals surface area contributed by atoms with Crippen molar-refractivity contribution in [2.24, 2.45) is 16.8 Å². The second kappa shape index (κ2) is 7.90. The molecular formula is C16H23Cl2N3. The quantitative estimate of drug-likeness (QED) is 0.864. The lowest BCUT2D eigenvalue weighted by molar-refractivity contribution is 0.377. The third kappa shape index (κ3) is 5.08. The molecule has 116 valence electrons. The minimum atomic E-state index is 0.495. The fraction of sp³-hybridized carbons (Fsp3) is 0.562. The molecule has 1 unspecified atom stereocenters. The van der Waals surface area contributed by atoms with Crippen molar-refractivity contribution < 1.29 is 0 Å². The first-order valence-electron chi connectivity index (χ1n) is 7.52.